The van der Waals surface area contributed by atoms with Crippen LogP contribution in [-0.4, -0.2) is 64.3 Å². The molecule has 1 aromatic carbocycles. The summed E-state index contributed by atoms with van der Waals surface area (Å²) in [6.45, 7) is 2.57. The smallest absolute Gasteiger partial charge is 0.273 e. The first-order valence-electron chi connectivity index (χ1n) is 8.96. The summed E-state index contributed by atoms with van der Waals surface area (Å²) in [6.07, 6.45) is 0.685. The zero-order chi connectivity index (χ0) is 18.8. The number of H-pyrrole nitrogens is 1. The zero-order valence-corrected chi connectivity index (χ0v) is 15.7. The van der Waals surface area contributed by atoms with E-state index in [1.54, 1.807) is 15.2 Å². The number of carbonyl (C=O) groups is 2. The molecule has 27 heavy (non-hydrogen) atoms. The van der Waals surface area contributed by atoms with Crippen LogP contribution in [0.4, 0.5) is 0 Å². The Bertz CT molecular complexity index is 938. The van der Waals surface area contributed by atoms with E-state index in [0.29, 0.717) is 50.5 Å². The summed E-state index contributed by atoms with van der Waals surface area (Å²) < 4.78 is 0. The second kappa shape index (κ2) is 7.50. The van der Waals surface area contributed by atoms with Crippen molar-refractivity contribution in [2.24, 2.45) is 5.73 Å². The number of hydrogen-bond acceptors (Lipinski definition) is 5. The lowest BCUT2D eigenvalue weighted by Gasteiger charge is -2.34. The summed E-state index contributed by atoms with van der Waals surface area (Å²) >= 11 is 1.46. The molecule has 0 saturated carbocycles. The predicted octanol–water partition coefficient (Wildman–Crippen LogP) is 1.72. The minimum atomic E-state index is -0.0766. The van der Waals surface area contributed by atoms with E-state index in [2.05, 4.69) is 9.97 Å². The van der Waals surface area contributed by atoms with Crippen LogP contribution in [0.15, 0.2) is 35.7 Å². The molecular weight excluding hydrogens is 362 g/mol. The Hall–Kier alpha value is -2.71. The summed E-state index contributed by atoms with van der Waals surface area (Å²) in [7, 11) is 0. The van der Waals surface area contributed by atoms with Gasteiger partial charge in [-0.2, -0.15) is 0 Å². The summed E-state index contributed by atoms with van der Waals surface area (Å²) in [5.41, 5.74) is 7.54. The van der Waals surface area contributed by atoms with Crippen LogP contribution in [0.2, 0.25) is 0 Å². The number of benzene rings is 1. The van der Waals surface area contributed by atoms with E-state index in [-0.39, 0.29) is 11.8 Å². The molecule has 0 aliphatic carbocycles. The molecule has 8 heteroatoms. The number of thiazole rings is 1. The first-order chi connectivity index (χ1) is 13.2. The van der Waals surface area contributed by atoms with Gasteiger partial charge in [0.2, 0.25) is 0 Å². The minimum Gasteiger partial charge on any atom is -0.351 e. The summed E-state index contributed by atoms with van der Waals surface area (Å²) in [5.74, 6) is -0.107. The van der Waals surface area contributed by atoms with Gasteiger partial charge in [0.05, 0.1) is 5.01 Å². The van der Waals surface area contributed by atoms with Gasteiger partial charge in [0.25, 0.3) is 11.8 Å². The summed E-state index contributed by atoms with van der Waals surface area (Å²) in [6, 6.07) is 9.70. The molecule has 1 aliphatic heterocycles. The maximum absolute atomic E-state index is 12.8. The van der Waals surface area contributed by atoms with Gasteiger partial charge in [-0.05, 0) is 18.7 Å². The standard InChI is InChI=1S/C19H21N5O2S/c20-6-5-17-22-16(12-27-17)19(26)24-9-7-23(8-10-24)18(25)15-11-13-3-1-2-4-14(13)21-15/h1-4,11-12,21H,5-10,20H2. The minimum absolute atomic E-state index is 0.0304. The molecule has 3 aromatic rings. The molecule has 1 saturated heterocycles. The fraction of sp³-hybridized carbons (Fsp3) is 0.316. The highest BCUT2D eigenvalue weighted by atomic mass is 32.1. The van der Waals surface area contributed by atoms with E-state index >= 15 is 0 Å². The zero-order valence-electron chi connectivity index (χ0n) is 14.9. The Morgan fingerprint density at radius 1 is 1.11 bits per heavy atom. The second-order valence-corrected chi connectivity index (χ2v) is 7.46. The van der Waals surface area contributed by atoms with E-state index in [9.17, 15) is 9.59 Å². The number of nitrogens with two attached hydrogens (primary N) is 1. The van der Waals surface area contributed by atoms with Gasteiger partial charge in [0, 0.05) is 48.9 Å². The van der Waals surface area contributed by atoms with Gasteiger partial charge in [-0.3, -0.25) is 9.59 Å². The first-order valence-corrected chi connectivity index (χ1v) is 9.84. The highest BCUT2D eigenvalue weighted by molar-refractivity contribution is 7.09. The van der Waals surface area contributed by atoms with Gasteiger partial charge in [0.1, 0.15) is 11.4 Å². The lowest BCUT2D eigenvalue weighted by atomic mass is 10.2. The van der Waals surface area contributed by atoms with Crippen LogP contribution >= 0.6 is 11.3 Å². The van der Waals surface area contributed by atoms with Crippen molar-refractivity contribution in [1.29, 1.82) is 0 Å². The molecule has 2 aromatic heterocycles. The molecule has 3 N–H and O–H groups in total. The highest BCUT2D eigenvalue weighted by Gasteiger charge is 2.27. The number of para-hydroxylation sites is 1. The van der Waals surface area contributed by atoms with Crippen LogP contribution in [0.5, 0.6) is 0 Å². The molecule has 3 heterocycles. The largest absolute Gasteiger partial charge is 0.351 e. The van der Waals surface area contributed by atoms with Crippen molar-refractivity contribution in [1.82, 2.24) is 19.8 Å². The number of fused-ring (bicyclic) bond motifs is 1. The molecule has 0 unspecified atom stereocenters. The average Bonchev–Trinajstić information content (AvgIpc) is 3.34. The Morgan fingerprint density at radius 3 is 2.52 bits per heavy atom. The van der Waals surface area contributed by atoms with Gasteiger partial charge in [0.15, 0.2) is 0 Å². The van der Waals surface area contributed by atoms with Gasteiger partial charge in [-0.25, -0.2) is 4.98 Å². The molecule has 0 atom stereocenters. The van der Waals surface area contributed by atoms with Crippen LogP contribution in [0.25, 0.3) is 10.9 Å². The van der Waals surface area contributed by atoms with Crippen molar-refractivity contribution in [2.75, 3.05) is 32.7 Å². The molecule has 0 spiro atoms. The normalized spacial score (nSPS) is 14.7. The lowest BCUT2D eigenvalue weighted by Crippen LogP contribution is -2.50. The molecular formula is C19H21N5O2S. The number of aromatic nitrogens is 2. The topological polar surface area (TPSA) is 95.3 Å². The molecule has 1 fully saturated rings. The van der Waals surface area contributed by atoms with Crippen molar-refractivity contribution >= 4 is 34.1 Å². The third-order valence-electron chi connectivity index (χ3n) is 4.74. The third kappa shape index (κ3) is 3.58. The van der Waals surface area contributed by atoms with Crippen molar-refractivity contribution in [3.8, 4) is 0 Å². The monoisotopic (exact) mass is 383 g/mol. The number of piperazine rings is 1. The van der Waals surface area contributed by atoms with Crippen molar-refractivity contribution in [3.05, 3.63) is 52.1 Å². The predicted molar refractivity (Wildman–Crippen MR) is 105 cm³/mol. The quantitative estimate of drug-likeness (QED) is 0.717. The molecule has 7 nitrogen and oxygen atoms in total. The van der Waals surface area contributed by atoms with Crippen molar-refractivity contribution in [2.45, 2.75) is 6.42 Å². The Labute approximate surface area is 160 Å². The van der Waals surface area contributed by atoms with E-state index in [0.717, 1.165) is 15.9 Å². The number of nitrogens with one attached hydrogen (secondary N) is 1. The van der Waals surface area contributed by atoms with Crippen LogP contribution in [0.3, 0.4) is 0 Å². The van der Waals surface area contributed by atoms with Gasteiger partial charge >= 0.3 is 0 Å². The number of amides is 2. The van der Waals surface area contributed by atoms with Gasteiger partial charge in [-0.1, -0.05) is 18.2 Å². The number of nitrogens with zero attached hydrogens (tertiary/aromatic N) is 3. The van der Waals surface area contributed by atoms with Gasteiger partial charge < -0.3 is 20.5 Å². The Morgan fingerprint density at radius 2 is 1.81 bits per heavy atom. The van der Waals surface area contributed by atoms with E-state index in [1.165, 1.54) is 11.3 Å². The lowest BCUT2D eigenvalue weighted by molar-refractivity contribution is 0.0530. The number of carbonyl (C=O) groups excluding carboxylic acids is 2. The number of aromatic amines is 1. The molecule has 0 bridgehead atoms. The Kier molecular flexibility index (Phi) is 4.91. The van der Waals surface area contributed by atoms with Crippen molar-refractivity contribution < 1.29 is 9.59 Å². The molecule has 2 amide bonds. The highest BCUT2D eigenvalue weighted by Crippen LogP contribution is 2.18. The Balaban J connectivity index is 1.39. The van der Waals surface area contributed by atoms with Crippen LogP contribution in [-0.2, 0) is 6.42 Å². The fourth-order valence-electron chi connectivity index (χ4n) is 3.28. The number of hydrogen-bond donors (Lipinski definition) is 2. The molecule has 140 valence electrons. The van der Waals surface area contributed by atoms with E-state index < -0.39 is 0 Å². The second-order valence-electron chi connectivity index (χ2n) is 6.52. The maximum atomic E-state index is 12.8. The number of rotatable bonds is 4. The third-order valence-corrected chi connectivity index (χ3v) is 5.65. The maximum Gasteiger partial charge on any atom is 0.273 e. The van der Waals surface area contributed by atoms with E-state index in [4.69, 9.17) is 5.73 Å². The van der Waals surface area contributed by atoms with Crippen LogP contribution in [0.1, 0.15) is 26.0 Å². The SMILES string of the molecule is NCCc1nc(C(=O)N2CCN(C(=O)c3cc4ccccc4[nH]3)CC2)cs1. The van der Waals surface area contributed by atoms with Crippen LogP contribution < -0.4 is 5.73 Å². The van der Waals surface area contributed by atoms with Crippen molar-refractivity contribution in [3.63, 3.8) is 0 Å². The molecule has 1 aliphatic rings. The fourth-order valence-corrected chi connectivity index (χ4v) is 4.07. The molecule has 4 rings (SSSR count). The van der Waals surface area contributed by atoms with E-state index in [1.807, 2.05) is 30.3 Å². The first kappa shape index (κ1) is 17.7. The molecule has 0 radical (unpaired) electrons. The van der Waals surface area contributed by atoms with Gasteiger partial charge in [-0.15, -0.1) is 11.3 Å². The average molecular weight is 383 g/mol. The summed E-state index contributed by atoms with van der Waals surface area (Å²) in [4.78, 5) is 36.5. The van der Waals surface area contributed by atoms with Crippen LogP contribution in [0, 0.1) is 0 Å². The summed E-state index contributed by atoms with van der Waals surface area (Å²) in [5, 5.41) is 3.69.